The second-order valence-electron chi connectivity index (χ2n) is 21.3. The van der Waals surface area contributed by atoms with Crippen molar-refractivity contribution in [2.24, 2.45) is 0 Å². The standard InChI is InChI=1S/C69H120O6/c1-4-7-10-13-16-19-22-25-26-27-28-29-30-31-32-33-34-35-36-37-38-39-40-41-42-45-47-50-53-56-59-62-68(71)74-65-66(75-69(72)63-60-57-54-51-48-44-24-21-18-15-12-9-6-3)64-73-67(70)61-58-55-52-49-46-43-23-20-17-14-11-8-5-2/h9,12,18,20-23,25,27-28,44,48,54,57,66H,4-8,10-11,13-17,19,24,26,29-43,45-47,49-53,55-56,58-65H2,1-3H3/b12-9-,21-18-,23-20-,25-22-,28-27-,48-44-,57-54-. The highest BCUT2D eigenvalue weighted by Crippen LogP contribution is 2.17. The first-order valence-electron chi connectivity index (χ1n) is 32.1. The summed E-state index contributed by atoms with van der Waals surface area (Å²) in [5.74, 6) is -0.988. The van der Waals surface area contributed by atoms with Crippen molar-refractivity contribution < 1.29 is 28.6 Å². The molecule has 75 heavy (non-hydrogen) atoms. The number of unbranched alkanes of at least 4 members (excludes halogenated alkanes) is 33. The zero-order valence-corrected chi connectivity index (χ0v) is 49.6. The van der Waals surface area contributed by atoms with E-state index in [1.54, 1.807) is 0 Å². The lowest BCUT2D eigenvalue weighted by Crippen LogP contribution is -2.30. The Morgan fingerprint density at radius 1 is 0.280 bits per heavy atom. The monoisotopic (exact) mass is 1040 g/mol. The van der Waals surface area contributed by atoms with Gasteiger partial charge in [0, 0.05) is 19.3 Å². The zero-order valence-electron chi connectivity index (χ0n) is 49.6. The Bertz CT molecular complexity index is 1430. The SMILES string of the molecule is CC/C=C\C/C=C\C/C=C\C/C=C\CCC(=O)OC(COC(=O)CCCCCCC/C=C\CCCCCC)COC(=O)CCCCCCCCCCCCCCCCCCCCC/C=C\C/C=C\CCCCCCC. The van der Waals surface area contributed by atoms with Gasteiger partial charge in [0.15, 0.2) is 6.10 Å². The zero-order chi connectivity index (χ0) is 54.3. The van der Waals surface area contributed by atoms with E-state index >= 15 is 0 Å². The van der Waals surface area contributed by atoms with Gasteiger partial charge in [-0.1, -0.05) is 279 Å². The Kier molecular flexibility index (Phi) is 60.3. The molecule has 0 saturated carbocycles. The summed E-state index contributed by atoms with van der Waals surface area (Å²) in [6.45, 7) is 6.45. The van der Waals surface area contributed by atoms with Gasteiger partial charge < -0.3 is 14.2 Å². The lowest BCUT2D eigenvalue weighted by Gasteiger charge is -2.18. The summed E-state index contributed by atoms with van der Waals surface area (Å²) in [5, 5.41) is 0. The minimum absolute atomic E-state index is 0.105. The van der Waals surface area contributed by atoms with E-state index in [1.165, 1.54) is 186 Å². The Morgan fingerprint density at radius 2 is 0.547 bits per heavy atom. The van der Waals surface area contributed by atoms with Crippen molar-refractivity contribution in [3.05, 3.63) is 85.1 Å². The highest BCUT2D eigenvalue weighted by atomic mass is 16.6. The molecule has 1 atom stereocenters. The van der Waals surface area contributed by atoms with E-state index < -0.39 is 6.10 Å². The fraction of sp³-hybridized carbons (Fsp3) is 0.754. The number of rotatable bonds is 58. The van der Waals surface area contributed by atoms with Gasteiger partial charge >= 0.3 is 17.9 Å². The van der Waals surface area contributed by atoms with Crippen LogP contribution in [-0.4, -0.2) is 37.2 Å². The minimum Gasteiger partial charge on any atom is -0.462 e. The summed E-state index contributed by atoms with van der Waals surface area (Å²) in [6.07, 6.45) is 83.4. The molecule has 432 valence electrons. The average molecular weight is 1050 g/mol. The van der Waals surface area contributed by atoms with Crippen LogP contribution in [0, 0.1) is 0 Å². The molecule has 0 N–H and O–H groups in total. The van der Waals surface area contributed by atoms with Gasteiger partial charge in [-0.2, -0.15) is 0 Å². The number of hydrogen-bond acceptors (Lipinski definition) is 6. The number of carbonyl (C=O) groups is 3. The van der Waals surface area contributed by atoms with Crippen LogP contribution in [0.2, 0.25) is 0 Å². The van der Waals surface area contributed by atoms with E-state index in [2.05, 4.69) is 99.8 Å². The van der Waals surface area contributed by atoms with Gasteiger partial charge in [-0.3, -0.25) is 14.4 Å². The highest BCUT2D eigenvalue weighted by Gasteiger charge is 2.19. The fourth-order valence-corrected chi connectivity index (χ4v) is 9.07. The van der Waals surface area contributed by atoms with E-state index in [0.717, 1.165) is 83.5 Å². The lowest BCUT2D eigenvalue weighted by atomic mass is 10.0. The topological polar surface area (TPSA) is 78.9 Å². The summed E-state index contributed by atoms with van der Waals surface area (Å²) >= 11 is 0. The molecular weight excluding hydrogens is 925 g/mol. The molecule has 0 spiro atoms. The van der Waals surface area contributed by atoms with Gasteiger partial charge in [-0.15, -0.1) is 0 Å². The molecule has 0 aliphatic rings. The summed E-state index contributed by atoms with van der Waals surface area (Å²) in [6, 6.07) is 0. The van der Waals surface area contributed by atoms with Crippen molar-refractivity contribution in [3.63, 3.8) is 0 Å². The van der Waals surface area contributed by atoms with Gasteiger partial charge in [0.05, 0.1) is 0 Å². The van der Waals surface area contributed by atoms with E-state index in [1.807, 2.05) is 6.08 Å². The number of esters is 3. The molecule has 1 unspecified atom stereocenters. The minimum atomic E-state index is -0.817. The van der Waals surface area contributed by atoms with Crippen LogP contribution >= 0.6 is 0 Å². The first kappa shape index (κ1) is 71.6. The van der Waals surface area contributed by atoms with Gasteiger partial charge in [0.1, 0.15) is 13.2 Å². The van der Waals surface area contributed by atoms with E-state index in [-0.39, 0.29) is 37.5 Å². The molecule has 0 bridgehead atoms. The molecular formula is C69H120O6. The van der Waals surface area contributed by atoms with Crippen LogP contribution in [0.25, 0.3) is 0 Å². The van der Waals surface area contributed by atoms with E-state index in [9.17, 15) is 14.4 Å². The van der Waals surface area contributed by atoms with Crippen molar-refractivity contribution in [3.8, 4) is 0 Å². The molecule has 0 rings (SSSR count). The lowest BCUT2D eigenvalue weighted by molar-refractivity contribution is -0.166. The molecule has 0 fully saturated rings. The fourth-order valence-electron chi connectivity index (χ4n) is 9.07. The van der Waals surface area contributed by atoms with Crippen LogP contribution in [0.15, 0.2) is 85.1 Å². The molecule has 0 heterocycles. The number of ether oxygens (including phenoxy) is 3. The second-order valence-corrected chi connectivity index (χ2v) is 21.3. The molecule has 0 aliphatic heterocycles. The van der Waals surface area contributed by atoms with Gasteiger partial charge in [-0.25, -0.2) is 0 Å². The quantitative estimate of drug-likeness (QED) is 0.0261. The van der Waals surface area contributed by atoms with Crippen LogP contribution in [0.4, 0.5) is 0 Å². The van der Waals surface area contributed by atoms with Gasteiger partial charge in [0.2, 0.25) is 0 Å². The molecule has 0 amide bonds. The van der Waals surface area contributed by atoms with Gasteiger partial charge in [-0.05, 0) is 103 Å². The second kappa shape index (κ2) is 63.1. The molecule has 0 aromatic heterocycles. The molecule has 0 radical (unpaired) electrons. The summed E-state index contributed by atoms with van der Waals surface area (Å²) in [5.41, 5.74) is 0. The summed E-state index contributed by atoms with van der Waals surface area (Å²) in [7, 11) is 0. The largest absolute Gasteiger partial charge is 0.462 e. The molecule has 0 aliphatic carbocycles. The normalized spacial score (nSPS) is 12.6. The number of carbonyl (C=O) groups excluding carboxylic acids is 3. The molecule has 0 aromatic rings. The van der Waals surface area contributed by atoms with E-state index in [4.69, 9.17) is 14.2 Å². The van der Waals surface area contributed by atoms with Crippen LogP contribution in [0.1, 0.15) is 316 Å². The Hall–Kier alpha value is -3.41. The van der Waals surface area contributed by atoms with Crippen molar-refractivity contribution in [1.29, 1.82) is 0 Å². The highest BCUT2D eigenvalue weighted by molar-refractivity contribution is 5.71. The van der Waals surface area contributed by atoms with Crippen LogP contribution < -0.4 is 0 Å². The third-order valence-corrected chi connectivity index (χ3v) is 13.9. The molecule has 6 heteroatoms. The van der Waals surface area contributed by atoms with Crippen molar-refractivity contribution in [1.82, 2.24) is 0 Å². The maximum atomic E-state index is 12.8. The summed E-state index contributed by atoms with van der Waals surface area (Å²) in [4.78, 5) is 38.1. The molecule has 0 aromatic carbocycles. The first-order valence-corrected chi connectivity index (χ1v) is 32.1. The van der Waals surface area contributed by atoms with Crippen molar-refractivity contribution in [2.45, 2.75) is 322 Å². The summed E-state index contributed by atoms with van der Waals surface area (Å²) < 4.78 is 16.8. The average Bonchev–Trinajstić information content (AvgIpc) is 3.41. The maximum Gasteiger partial charge on any atom is 0.306 e. The van der Waals surface area contributed by atoms with Crippen molar-refractivity contribution >= 4 is 17.9 Å². The predicted octanol–water partition coefficient (Wildman–Crippen LogP) is 21.9. The Balaban J connectivity index is 4.16. The van der Waals surface area contributed by atoms with Crippen LogP contribution in [0.3, 0.4) is 0 Å². The van der Waals surface area contributed by atoms with E-state index in [0.29, 0.717) is 19.3 Å². The van der Waals surface area contributed by atoms with Crippen LogP contribution in [0.5, 0.6) is 0 Å². The van der Waals surface area contributed by atoms with Gasteiger partial charge in [0.25, 0.3) is 0 Å². The number of hydrogen-bond donors (Lipinski definition) is 0. The number of allylic oxidation sites excluding steroid dienone is 14. The molecule has 6 nitrogen and oxygen atoms in total. The Labute approximate surface area is 465 Å². The third-order valence-electron chi connectivity index (χ3n) is 13.9. The maximum absolute atomic E-state index is 12.8. The smallest absolute Gasteiger partial charge is 0.306 e. The van der Waals surface area contributed by atoms with Crippen LogP contribution in [-0.2, 0) is 28.6 Å². The van der Waals surface area contributed by atoms with Crippen molar-refractivity contribution in [2.75, 3.05) is 13.2 Å². The third kappa shape index (κ3) is 61.3. The Morgan fingerprint density at radius 3 is 0.893 bits per heavy atom. The predicted molar refractivity (Wildman–Crippen MR) is 325 cm³/mol. The first-order chi connectivity index (χ1) is 37.0. The molecule has 0 saturated heterocycles.